The van der Waals surface area contributed by atoms with Crippen LogP contribution in [-0.4, -0.2) is 281 Å². The zero-order valence-corrected chi connectivity index (χ0v) is 88.6. The fourth-order valence-electron chi connectivity index (χ4n) is 22.6. The first-order valence-electron chi connectivity index (χ1n) is 51.7. The molecule has 0 amide bonds. The highest BCUT2D eigenvalue weighted by molar-refractivity contribution is 7.27. The maximum atomic E-state index is 6.49. The maximum Gasteiger partial charge on any atom is 0.226 e. The number of hydrogen-bond acceptors (Lipinski definition) is 34. The topological polar surface area (TPSA) is 282 Å². The van der Waals surface area contributed by atoms with Crippen LogP contribution in [0.15, 0.2) is 172 Å². The molecule has 752 valence electrons. The van der Waals surface area contributed by atoms with Crippen LogP contribution in [0.4, 0.5) is 17.3 Å². The van der Waals surface area contributed by atoms with E-state index in [1.807, 2.05) is 86.2 Å². The highest BCUT2D eigenvalue weighted by Gasteiger charge is 2.34. The summed E-state index contributed by atoms with van der Waals surface area (Å²) in [4.78, 5) is 82.5. The van der Waals surface area contributed by atoms with Crippen LogP contribution in [0.5, 0.6) is 17.5 Å². The molecule has 0 atom stereocenters. The first-order chi connectivity index (χ1) is 70.6. The quantitative estimate of drug-likeness (QED) is 0.0719. The smallest absolute Gasteiger partial charge is 0.226 e. The minimum Gasteiger partial charge on any atom is -0.490 e. The van der Waals surface area contributed by atoms with Crippen LogP contribution in [0.1, 0.15) is 154 Å². The number of thiophene rings is 6. The monoisotopic (exact) mass is 2050 g/mol. The summed E-state index contributed by atoms with van der Waals surface area (Å²) >= 11 is 10.2. The SMILES string of the molecule is CN(C)C1CCC(Nc2ncnc3sc4ccncc4c23)CC1.CN(C)C1CCC(Nc2ncnc3sc4cnccc4c23)CC1.CN(C)C1CCC(Oc2ncnc3sc4ccncc4c23)CC1.CN(C)C1CCC(Oc2ncnc3sc4cnccc4c23)CC1.c1ccc2c(c1)sc1nccc(NC3CCC(N4CCOCC4)CC3)c12.c1ccc2c(c1)sc1nccc(OC3CCC(N4CCOCC4)CC3)c12. The Bertz CT molecular complexity index is 6590. The fraction of sp³-hybridized carbons (Fsp3) is 0.473. The lowest BCUT2D eigenvalue weighted by Gasteiger charge is -2.39. The molecule has 0 bridgehead atoms. The Morgan fingerprint density at radius 1 is 0.285 bits per heavy atom. The molecule has 34 heteroatoms. The number of pyridine rings is 6. The predicted octanol–water partition coefficient (Wildman–Crippen LogP) is 23.0. The molecule has 16 aromatic heterocycles. The molecule has 2 aliphatic heterocycles. The average Bonchev–Trinajstić information content (AvgIpc) is 1.65. The number of aromatic nitrogens is 14. The summed E-state index contributed by atoms with van der Waals surface area (Å²) in [7, 11) is 17.3. The van der Waals surface area contributed by atoms with Crippen LogP contribution in [0.25, 0.3) is 122 Å². The van der Waals surface area contributed by atoms with E-state index in [0.717, 1.165) is 192 Å². The Kier molecular flexibility index (Phi) is 32.2. The number of rotatable bonds is 18. The molecule has 2 aromatic carbocycles. The summed E-state index contributed by atoms with van der Waals surface area (Å²) in [5, 5.41) is 25.1. The average molecular weight is 2050 g/mol. The molecule has 0 spiro atoms. The molecule has 28 nitrogen and oxygen atoms in total. The van der Waals surface area contributed by atoms with Gasteiger partial charge in [0.05, 0.1) is 68.9 Å². The fourth-order valence-corrected chi connectivity index (χ4v) is 28.7. The van der Waals surface area contributed by atoms with E-state index < -0.39 is 0 Å². The van der Waals surface area contributed by atoms with Gasteiger partial charge in [0.2, 0.25) is 11.8 Å². The van der Waals surface area contributed by atoms with Crippen LogP contribution in [0.2, 0.25) is 0 Å². The summed E-state index contributed by atoms with van der Waals surface area (Å²) < 4.78 is 37.3. The van der Waals surface area contributed by atoms with Crippen molar-refractivity contribution in [1.82, 2.24) is 99.2 Å². The van der Waals surface area contributed by atoms with Crippen molar-refractivity contribution in [2.45, 2.75) is 227 Å². The van der Waals surface area contributed by atoms with Crippen molar-refractivity contribution < 1.29 is 23.7 Å². The van der Waals surface area contributed by atoms with Gasteiger partial charge in [0.15, 0.2) is 0 Å². The number of ether oxygens (including phenoxy) is 5. The number of morpholine rings is 2. The van der Waals surface area contributed by atoms with Gasteiger partial charge in [-0.2, -0.15) is 0 Å². The van der Waals surface area contributed by atoms with E-state index in [0.29, 0.717) is 60.3 Å². The minimum atomic E-state index is 0.246. The number of nitrogens with zero attached hydrogens (tertiary/aromatic N) is 20. The minimum absolute atomic E-state index is 0.246. The van der Waals surface area contributed by atoms with Crippen molar-refractivity contribution in [2.24, 2.45) is 0 Å². The van der Waals surface area contributed by atoms with Gasteiger partial charge in [-0.05, 0) is 259 Å². The highest BCUT2D eigenvalue weighted by atomic mass is 32.1. The zero-order chi connectivity index (χ0) is 97.9. The van der Waals surface area contributed by atoms with Gasteiger partial charge in [0, 0.05) is 205 Å². The van der Waals surface area contributed by atoms with Crippen LogP contribution in [0, 0.1) is 0 Å². The number of fused-ring (bicyclic) bond motifs is 18. The zero-order valence-electron chi connectivity index (χ0n) is 83.7. The first kappa shape index (κ1) is 99.4. The number of anilines is 3. The Labute approximate surface area is 865 Å². The molecular weight excluding hydrogens is 1920 g/mol. The van der Waals surface area contributed by atoms with Crippen LogP contribution in [0.3, 0.4) is 0 Å². The standard InChI is InChI=1S/C21H25N3OS.C21H24N2O2S.2C17H21N5S.2C17H20N4OS/c1-2-4-19-17(3-1)20-18(9-10-22-21(20)26-19)23-15-5-7-16(8-6-15)24-11-13-25-14-12-24;1-2-4-19-17(3-1)20-18(9-10-22-21(20)26-19)25-16-7-5-15(6-8-16)23-11-13-24-14-12-23;1-22(2)12-5-3-11(4-6-12)21-16-15-13-9-18-8-7-14(13)23-17(15)20-10-19-16;1-22(2)12-5-3-11(4-6-12)21-16-15-13-7-8-18-9-14(13)23-17(15)20-10-19-16;1-21(2)11-3-5-12(6-4-11)22-16-15-13-9-18-8-7-14(13)23-17(15)20-10-19-16;1-21(2)11-3-5-12(6-4-11)22-16-15-13-7-8-18-9-14(13)23-17(15)20-10-19-16/h1-4,9-10,15-16H,5-8,11-14H2,(H,22,23);1-4,9-10,15-16H,5-8,11-14H2;2*7-12H,3-6H2,1-2H3,(H,19,20,21);2*7-12H,3-6H2,1-2H3. The molecule has 3 N–H and O–H groups in total. The van der Waals surface area contributed by atoms with E-state index >= 15 is 0 Å². The van der Waals surface area contributed by atoms with Crippen LogP contribution >= 0.6 is 68.0 Å². The molecular formula is C110H131N23O5S6. The van der Waals surface area contributed by atoms with E-state index in [-0.39, 0.29) is 12.2 Å². The van der Waals surface area contributed by atoms with Crippen molar-refractivity contribution in [3.8, 4) is 17.5 Å². The number of nitrogens with one attached hydrogen (secondary N) is 3. The summed E-state index contributed by atoms with van der Waals surface area (Å²) in [6.07, 6.45) is 54.6. The normalized spacial score (nSPS) is 23.1. The lowest BCUT2D eigenvalue weighted by Crippen LogP contribution is -2.46. The summed E-state index contributed by atoms with van der Waals surface area (Å²) in [5.41, 5.74) is 1.25. The highest BCUT2D eigenvalue weighted by Crippen LogP contribution is 2.46. The van der Waals surface area contributed by atoms with Gasteiger partial charge in [-0.1, -0.05) is 36.4 Å². The van der Waals surface area contributed by atoms with Gasteiger partial charge in [-0.25, -0.2) is 49.8 Å². The van der Waals surface area contributed by atoms with Gasteiger partial charge in [-0.15, -0.1) is 68.0 Å². The molecule has 144 heavy (non-hydrogen) atoms. The van der Waals surface area contributed by atoms with Crippen molar-refractivity contribution in [3.63, 3.8) is 0 Å². The second-order valence-electron chi connectivity index (χ2n) is 40.4. The third-order valence-electron chi connectivity index (χ3n) is 30.7. The van der Waals surface area contributed by atoms with E-state index in [1.54, 1.807) is 93.3 Å². The summed E-state index contributed by atoms with van der Waals surface area (Å²) in [5.74, 6) is 4.37. The Morgan fingerprint density at radius 3 is 1.10 bits per heavy atom. The van der Waals surface area contributed by atoms with Crippen molar-refractivity contribution >= 4 is 207 Å². The Balaban J connectivity index is 0.000000102. The number of hydrogen-bond donors (Lipinski definition) is 3. The molecule has 6 aliphatic carbocycles. The molecule has 18 aromatic rings. The van der Waals surface area contributed by atoms with Gasteiger partial charge in [0.1, 0.15) is 83.9 Å². The molecule has 8 fully saturated rings. The second kappa shape index (κ2) is 46.7. The lowest BCUT2D eigenvalue weighted by molar-refractivity contribution is -0.000912. The maximum absolute atomic E-state index is 6.49. The molecule has 0 unspecified atom stereocenters. The van der Waals surface area contributed by atoms with E-state index in [2.05, 4.69) is 232 Å². The van der Waals surface area contributed by atoms with Crippen LogP contribution < -0.4 is 30.2 Å². The van der Waals surface area contributed by atoms with Crippen molar-refractivity contribution in [2.75, 3.05) is 125 Å². The molecule has 26 rings (SSSR count). The van der Waals surface area contributed by atoms with Crippen molar-refractivity contribution in [3.05, 3.63) is 172 Å². The third kappa shape index (κ3) is 23.1. The third-order valence-corrected chi connectivity index (χ3v) is 37.1. The van der Waals surface area contributed by atoms with Gasteiger partial charge >= 0.3 is 0 Å². The van der Waals surface area contributed by atoms with Gasteiger partial charge in [-0.3, -0.25) is 29.7 Å². The molecule has 6 saturated carbocycles. The molecule has 2 saturated heterocycles. The van der Waals surface area contributed by atoms with Gasteiger partial charge in [0.25, 0.3) is 0 Å². The van der Waals surface area contributed by atoms with E-state index in [9.17, 15) is 0 Å². The Hall–Kier alpha value is -10.5. The molecule has 0 radical (unpaired) electrons. The second-order valence-corrected chi connectivity index (χ2v) is 46.6. The largest absolute Gasteiger partial charge is 0.490 e. The molecule has 18 heterocycles. The Morgan fingerprint density at radius 2 is 0.618 bits per heavy atom. The van der Waals surface area contributed by atoms with Crippen molar-refractivity contribution in [1.29, 1.82) is 0 Å². The van der Waals surface area contributed by atoms with Crippen LogP contribution in [-0.2, 0) is 9.47 Å². The van der Waals surface area contributed by atoms with E-state index in [1.165, 1.54) is 172 Å². The molecule has 8 aliphatic rings. The lowest BCUT2D eigenvalue weighted by atomic mass is 9.89. The first-order valence-corrected chi connectivity index (χ1v) is 56.6. The number of benzene rings is 2. The summed E-state index contributed by atoms with van der Waals surface area (Å²) in [6.45, 7) is 7.96. The summed E-state index contributed by atoms with van der Waals surface area (Å²) in [6, 6.07) is 35.3. The van der Waals surface area contributed by atoms with E-state index in [4.69, 9.17) is 23.7 Å². The van der Waals surface area contributed by atoms with Gasteiger partial charge < -0.3 is 59.2 Å². The predicted molar refractivity (Wildman–Crippen MR) is 594 cm³/mol.